The lowest BCUT2D eigenvalue weighted by Crippen LogP contribution is -2.28. The molecule has 0 saturated carbocycles. The van der Waals surface area contributed by atoms with Crippen molar-refractivity contribution < 1.29 is 32.8 Å². The second kappa shape index (κ2) is 40.4. The summed E-state index contributed by atoms with van der Waals surface area (Å²) in [5.41, 5.74) is 5.36. The molecule has 0 heterocycles. The zero-order valence-electron chi connectivity index (χ0n) is 33.3. The van der Waals surface area contributed by atoms with Crippen molar-refractivity contribution in [3.05, 3.63) is 60.8 Å². The molecule has 3 N–H and O–H groups in total. The average molecular weight is 752 g/mol. The normalized spacial score (nSPS) is 14.2. The molecule has 0 saturated heterocycles. The van der Waals surface area contributed by atoms with Gasteiger partial charge in [0.1, 0.15) is 6.10 Å². The summed E-state index contributed by atoms with van der Waals surface area (Å²) in [7, 11) is -4.28. The Balaban J connectivity index is 4.01. The number of ether oxygens (including phenoxy) is 2. The number of nitrogens with two attached hydrogens (primary N) is 1. The maximum atomic E-state index is 12.5. The van der Waals surface area contributed by atoms with E-state index in [2.05, 4.69) is 74.6 Å². The van der Waals surface area contributed by atoms with Gasteiger partial charge in [0.05, 0.1) is 19.8 Å². The van der Waals surface area contributed by atoms with Gasteiger partial charge in [0.2, 0.25) is 0 Å². The van der Waals surface area contributed by atoms with Crippen molar-refractivity contribution in [1.29, 1.82) is 0 Å². The number of hydrogen-bond donors (Lipinski definition) is 2. The van der Waals surface area contributed by atoms with Gasteiger partial charge in [-0.05, 0) is 70.6 Å². The molecule has 302 valence electrons. The SMILES string of the molecule is CC/C=C\C/C=C\C/C=C\C/C=C\CCCCCCCCCCCOCC(COP(=O)(O)OCCN)OC(=O)CCCCCCC/C=C\CCCC. The quantitative estimate of drug-likeness (QED) is 0.0276. The van der Waals surface area contributed by atoms with Crippen LogP contribution in [-0.4, -0.2) is 49.9 Å². The fraction of sp³-hybridized carbons (Fsp3) is 0.744. The average Bonchev–Trinajstić information content (AvgIpc) is 3.13. The molecule has 0 aliphatic rings. The second-order valence-corrected chi connectivity index (χ2v) is 14.9. The molecule has 2 unspecified atom stereocenters. The van der Waals surface area contributed by atoms with Crippen LogP contribution in [0.5, 0.6) is 0 Å². The Hall–Kier alpha value is -1.80. The number of carbonyl (C=O) groups is 1. The van der Waals surface area contributed by atoms with Gasteiger partial charge in [-0.1, -0.05) is 152 Å². The molecule has 0 aromatic heterocycles. The number of carbonyl (C=O) groups excluding carboxylic acids is 1. The first-order valence-corrected chi connectivity index (χ1v) is 22.3. The molecule has 0 aliphatic carbocycles. The van der Waals surface area contributed by atoms with Crippen molar-refractivity contribution in [2.75, 3.05) is 33.0 Å². The molecule has 0 spiro atoms. The Morgan fingerprint density at radius 2 is 1.08 bits per heavy atom. The Labute approximate surface area is 319 Å². The summed E-state index contributed by atoms with van der Waals surface area (Å²) in [6, 6.07) is 0. The van der Waals surface area contributed by atoms with E-state index >= 15 is 0 Å². The molecule has 0 aliphatic heterocycles. The smallest absolute Gasteiger partial charge is 0.457 e. The number of rotatable bonds is 39. The van der Waals surface area contributed by atoms with Crippen molar-refractivity contribution in [3.8, 4) is 0 Å². The highest BCUT2D eigenvalue weighted by atomic mass is 31.2. The van der Waals surface area contributed by atoms with Crippen molar-refractivity contribution >= 4 is 13.8 Å². The Morgan fingerprint density at radius 3 is 1.63 bits per heavy atom. The van der Waals surface area contributed by atoms with Gasteiger partial charge in [-0.3, -0.25) is 13.8 Å². The predicted octanol–water partition coefficient (Wildman–Crippen LogP) is 12.2. The molecule has 0 aromatic carbocycles. The van der Waals surface area contributed by atoms with E-state index < -0.39 is 13.9 Å². The van der Waals surface area contributed by atoms with E-state index in [9.17, 15) is 14.3 Å². The van der Waals surface area contributed by atoms with Crippen LogP contribution in [0.3, 0.4) is 0 Å². The van der Waals surface area contributed by atoms with E-state index in [4.69, 9.17) is 24.3 Å². The van der Waals surface area contributed by atoms with E-state index in [0.717, 1.165) is 70.6 Å². The first-order chi connectivity index (χ1) is 25.4. The van der Waals surface area contributed by atoms with Gasteiger partial charge in [0.15, 0.2) is 0 Å². The highest BCUT2D eigenvalue weighted by Gasteiger charge is 2.25. The van der Waals surface area contributed by atoms with Gasteiger partial charge in [-0.25, -0.2) is 4.57 Å². The van der Waals surface area contributed by atoms with Crippen LogP contribution in [0.2, 0.25) is 0 Å². The zero-order chi connectivity index (χ0) is 38.1. The van der Waals surface area contributed by atoms with Gasteiger partial charge in [-0.2, -0.15) is 0 Å². The highest BCUT2D eigenvalue weighted by molar-refractivity contribution is 7.47. The molecule has 0 aromatic rings. The molecule has 0 amide bonds. The molecule has 2 atom stereocenters. The van der Waals surface area contributed by atoms with Crippen LogP contribution in [0.1, 0.15) is 168 Å². The third-order valence-corrected chi connectivity index (χ3v) is 9.40. The molecule has 9 heteroatoms. The number of allylic oxidation sites excluding steroid dienone is 10. The summed E-state index contributed by atoms with van der Waals surface area (Å²) in [6.07, 6.45) is 48.1. The zero-order valence-corrected chi connectivity index (χ0v) is 34.2. The van der Waals surface area contributed by atoms with E-state index in [-0.39, 0.29) is 32.3 Å². The molecule has 0 fully saturated rings. The molecular weight excluding hydrogens is 673 g/mol. The van der Waals surface area contributed by atoms with E-state index in [0.29, 0.717) is 13.0 Å². The lowest BCUT2D eigenvalue weighted by molar-refractivity contribution is -0.154. The van der Waals surface area contributed by atoms with Crippen LogP contribution in [0, 0.1) is 0 Å². The van der Waals surface area contributed by atoms with Crippen LogP contribution in [0.4, 0.5) is 0 Å². The summed E-state index contributed by atoms with van der Waals surface area (Å²) < 4.78 is 33.3. The summed E-state index contributed by atoms with van der Waals surface area (Å²) in [5, 5.41) is 0. The Morgan fingerprint density at radius 1 is 0.596 bits per heavy atom. The first kappa shape index (κ1) is 50.2. The minimum Gasteiger partial charge on any atom is -0.457 e. The number of unbranched alkanes of at least 4 members (excludes halogenated alkanes) is 16. The summed E-state index contributed by atoms with van der Waals surface area (Å²) >= 11 is 0. The van der Waals surface area contributed by atoms with Crippen molar-refractivity contribution in [2.45, 2.75) is 174 Å². The van der Waals surface area contributed by atoms with E-state index in [1.54, 1.807) is 0 Å². The third kappa shape index (κ3) is 39.4. The van der Waals surface area contributed by atoms with Gasteiger partial charge < -0.3 is 20.1 Å². The number of phosphoric ester groups is 1. The molecule has 8 nitrogen and oxygen atoms in total. The van der Waals surface area contributed by atoms with E-state index in [1.165, 1.54) is 77.0 Å². The van der Waals surface area contributed by atoms with Gasteiger partial charge in [0.25, 0.3) is 0 Å². The van der Waals surface area contributed by atoms with Crippen LogP contribution in [0.15, 0.2) is 60.8 Å². The minimum absolute atomic E-state index is 0.0956. The largest absolute Gasteiger partial charge is 0.472 e. The maximum Gasteiger partial charge on any atom is 0.472 e. The minimum atomic E-state index is -4.28. The first-order valence-electron chi connectivity index (χ1n) is 20.8. The lowest BCUT2D eigenvalue weighted by Gasteiger charge is -2.20. The van der Waals surface area contributed by atoms with Gasteiger partial charge in [0, 0.05) is 19.6 Å². The third-order valence-electron chi connectivity index (χ3n) is 8.42. The second-order valence-electron chi connectivity index (χ2n) is 13.5. The summed E-state index contributed by atoms with van der Waals surface area (Å²) in [5.74, 6) is -0.346. The van der Waals surface area contributed by atoms with Crippen molar-refractivity contribution in [3.63, 3.8) is 0 Å². The Kier molecular flexibility index (Phi) is 39.0. The maximum absolute atomic E-state index is 12.5. The molecular formula is C43H78NO7P. The van der Waals surface area contributed by atoms with Crippen LogP contribution in [-0.2, 0) is 27.9 Å². The molecule has 52 heavy (non-hydrogen) atoms. The standard InChI is InChI=1S/C43H78NO7P/c1-3-5-7-9-11-13-15-16-17-18-19-20-21-22-23-24-25-27-29-31-33-35-38-48-40-42(41-50-52(46,47)49-39-37-44)51-43(45)36-34-32-30-28-26-14-12-10-8-6-4-2/h5,7,10-13,16-17,19-20,42H,3-4,6,8-9,14-15,18,21-41,44H2,1-2H3,(H,46,47)/b7-5-,12-10-,13-11-,17-16-,20-19-. The summed E-state index contributed by atoms with van der Waals surface area (Å²) in [4.78, 5) is 22.4. The predicted molar refractivity (Wildman–Crippen MR) is 219 cm³/mol. The molecule has 0 radical (unpaired) electrons. The lowest BCUT2D eigenvalue weighted by atomic mass is 10.1. The van der Waals surface area contributed by atoms with Crippen molar-refractivity contribution in [1.82, 2.24) is 0 Å². The number of hydrogen-bond acceptors (Lipinski definition) is 7. The van der Waals surface area contributed by atoms with Gasteiger partial charge >= 0.3 is 13.8 Å². The van der Waals surface area contributed by atoms with Crippen LogP contribution in [0.25, 0.3) is 0 Å². The topological polar surface area (TPSA) is 117 Å². The fourth-order valence-electron chi connectivity index (χ4n) is 5.38. The van der Waals surface area contributed by atoms with Crippen molar-refractivity contribution in [2.24, 2.45) is 5.73 Å². The van der Waals surface area contributed by atoms with E-state index in [1.807, 2.05) is 0 Å². The Bertz CT molecular complexity index is 979. The molecule has 0 rings (SSSR count). The van der Waals surface area contributed by atoms with Gasteiger partial charge in [-0.15, -0.1) is 0 Å². The summed E-state index contributed by atoms with van der Waals surface area (Å²) in [6.45, 7) is 4.73. The van der Waals surface area contributed by atoms with Crippen LogP contribution < -0.4 is 5.73 Å². The molecule has 0 bridgehead atoms. The van der Waals surface area contributed by atoms with Crippen LogP contribution >= 0.6 is 7.82 Å². The highest BCUT2D eigenvalue weighted by Crippen LogP contribution is 2.43. The fourth-order valence-corrected chi connectivity index (χ4v) is 6.14. The number of phosphoric acid groups is 1. The monoisotopic (exact) mass is 752 g/mol. The number of esters is 1.